The zero-order valence-corrected chi connectivity index (χ0v) is 10.2. The van der Waals surface area contributed by atoms with Crippen molar-refractivity contribution >= 4 is 15.9 Å². The number of rotatable bonds is 2. The van der Waals surface area contributed by atoms with Crippen LogP contribution in [0.2, 0.25) is 0 Å². The van der Waals surface area contributed by atoms with E-state index in [1.165, 1.54) is 0 Å². The number of aliphatic hydroxyl groups excluding tert-OH is 1. The fourth-order valence-electron chi connectivity index (χ4n) is 2.48. The normalized spacial score (nSPS) is 45.4. The van der Waals surface area contributed by atoms with Gasteiger partial charge in [-0.25, -0.2) is 0 Å². The van der Waals surface area contributed by atoms with Gasteiger partial charge < -0.3 is 14.6 Å². The molecule has 1 aliphatic heterocycles. The molecule has 2 fully saturated rings. The Labute approximate surface area is 92.9 Å². The van der Waals surface area contributed by atoms with Crippen LogP contribution in [0.1, 0.15) is 26.7 Å². The largest absolute Gasteiger partial charge is 0.390 e. The minimum atomic E-state index is -0.526. The molecule has 0 unspecified atom stereocenters. The summed E-state index contributed by atoms with van der Waals surface area (Å²) in [5, 5.41) is 10.8. The van der Waals surface area contributed by atoms with E-state index in [2.05, 4.69) is 15.9 Å². The van der Waals surface area contributed by atoms with Crippen LogP contribution in [0.5, 0.6) is 0 Å². The van der Waals surface area contributed by atoms with Crippen LogP contribution in [0.25, 0.3) is 0 Å². The Bertz CT molecular complexity index is 219. The number of halogens is 1. The lowest BCUT2D eigenvalue weighted by molar-refractivity contribution is -0.166. The number of ether oxygens (including phenoxy) is 2. The summed E-state index contributed by atoms with van der Waals surface area (Å²) in [5.74, 6) is -0.0995. The molecular weight excluding hydrogens is 248 g/mol. The minimum absolute atomic E-state index is 0.0811. The highest BCUT2D eigenvalue weighted by Crippen LogP contribution is 2.42. The third kappa shape index (κ3) is 1.85. The van der Waals surface area contributed by atoms with E-state index in [1.54, 1.807) is 0 Å². The third-order valence-electron chi connectivity index (χ3n) is 3.03. The second kappa shape index (κ2) is 3.74. The van der Waals surface area contributed by atoms with Crippen molar-refractivity contribution in [2.75, 3.05) is 5.33 Å². The van der Waals surface area contributed by atoms with Gasteiger partial charge >= 0.3 is 0 Å². The lowest BCUT2D eigenvalue weighted by Gasteiger charge is -2.21. The fourth-order valence-corrected chi connectivity index (χ4v) is 3.07. The van der Waals surface area contributed by atoms with Gasteiger partial charge in [-0.2, -0.15) is 0 Å². The lowest BCUT2D eigenvalue weighted by Crippen LogP contribution is -2.28. The van der Waals surface area contributed by atoms with Gasteiger partial charge in [-0.05, 0) is 32.6 Å². The molecular formula is C10H17BrO3. The van der Waals surface area contributed by atoms with E-state index in [1.807, 2.05) is 13.8 Å². The van der Waals surface area contributed by atoms with E-state index < -0.39 is 5.79 Å². The van der Waals surface area contributed by atoms with Crippen LogP contribution in [0.15, 0.2) is 0 Å². The van der Waals surface area contributed by atoms with Crippen LogP contribution in [0.4, 0.5) is 0 Å². The first-order chi connectivity index (χ1) is 6.53. The average Bonchev–Trinajstić information content (AvgIpc) is 2.51. The summed E-state index contributed by atoms with van der Waals surface area (Å²) >= 11 is 3.43. The molecule has 0 aromatic carbocycles. The molecule has 0 radical (unpaired) electrons. The summed E-state index contributed by atoms with van der Waals surface area (Å²) < 4.78 is 11.5. The van der Waals surface area contributed by atoms with Crippen molar-refractivity contribution in [2.24, 2.45) is 5.92 Å². The number of aliphatic hydroxyl groups is 1. The number of hydrogen-bond donors (Lipinski definition) is 1. The Morgan fingerprint density at radius 2 is 2.00 bits per heavy atom. The highest BCUT2D eigenvalue weighted by molar-refractivity contribution is 9.09. The molecule has 0 bridgehead atoms. The Balaban J connectivity index is 2.07. The molecule has 2 rings (SSSR count). The van der Waals surface area contributed by atoms with Crippen LogP contribution < -0.4 is 0 Å². The Morgan fingerprint density at radius 1 is 1.36 bits per heavy atom. The fraction of sp³-hybridized carbons (Fsp3) is 1.00. The molecule has 0 aromatic rings. The van der Waals surface area contributed by atoms with Crippen molar-refractivity contribution in [3.8, 4) is 0 Å². The van der Waals surface area contributed by atoms with Crippen molar-refractivity contribution in [3.05, 3.63) is 0 Å². The molecule has 2 aliphatic rings. The Kier molecular flexibility index (Phi) is 2.90. The van der Waals surface area contributed by atoms with Gasteiger partial charge in [0.25, 0.3) is 0 Å². The topological polar surface area (TPSA) is 38.7 Å². The first-order valence-electron chi connectivity index (χ1n) is 5.13. The van der Waals surface area contributed by atoms with Crippen LogP contribution in [-0.2, 0) is 9.47 Å². The Morgan fingerprint density at radius 3 is 2.64 bits per heavy atom. The van der Waals surface area contributed by atoms with E-state index in [4.69, 9.17) is 9.47 Å². The van der Waals surface area contributed by atoms with Gasteiger partial charge in [0.1, 0.15) is 6.10 Å². The van der Waals surface area contributed by atoms with Gasteiger partial charge in [0.05, 0.1) is 12.2 Å². The molecule has 0 amide bonds. The van der Waals surface area contributed by atoms with E-state index in [0.29, 0.717) is 5.92 Å². The monoisotopic (exact) mass is 264 g/mol. The quantitative estimate of drug-likeness (QED) is 0.772. The smallest absolute Gasteiger partial charge is 0.163 e. The SMILES string of the molecule is CC1(C)O[C@H]2[C@@H](CCBr)C[C@H](O)[C@H]2O1. The molecule has 3 nitrogen and oxygen atoms in total. The van der Waals surface area contributed by atoms with Gasteiger partial charge in [-0.1, -0.05) is 15.9 Å². The second-order valence-corrected chi connectivity index (χ2v) is 5.40. The molecule has 1 N–H and O–H groups in total. The number of alkyl halides is 1. The van der Waals surface area contributed by atoms with Crippen LogP contribution in [-0.4, -0.2) is 34.5 Å². The number of hydrogen-bond acceptors (Lipinski definition) is 3. The summed E-state index contributed by atoms with van der Waals surface area (Å²) in [4.78, 5) is 0. The summed E-state index contributed by atoms with van der Waals surface area (Å²) in [7, 11) is 0. The molecule has 1 saturated carbocycles. The number of fused-ring (bicyclic) bond motifs is 1. The van der Waals surface area contributed by atoms with Crippen molar-refractivity contribution in [1.29, 1.82) is 0 Å². The molecule has 1 aliphatic carbocycles. The summed E-state index contributed by atoms with van der Waals surface area (Å²) in [6, 6.07) is 0. The van der Waals surface area contributed by atoms with Crippen molar-refractivity contribution < 1.29 is 14.6 Å². The third-order valence-corrected chi connectivity index (χ3v) is 3.49. The van der Waals surface area contributed by atoms with Crippen molar-refractivity contribution in [1.82, 2.24) is 0 Å². The summed E-state index contributed by atoms with van der Waals surface area (Å²) in [6.07, 6.45) is 1.45. The zero-order valence-electron chi connectivity index (χ0n) is 8.57. The first-order valence-corrected chi connectivity index (χ1v) is 6.25. The first kappa shape index (κ1) is 10.9. The molecule has 4 atom stereocenters. The average molecular weight is 265 g/mol. The maximum Gasteiger partial charge on any atom is 0.163 e. The van der Waals surface area contributed by atoms with Gasteiger partial charge in [0.2, 0.25) is 0 Å². The highest BCUT2D eigenvalue weighted by atomic mass is 79.9. The molecule has 1 heterocycles. The molecule has 1 saturated heterocycles. The van der Waals surface area contributed by atoms with Gasteiger partial charge in [0, 0.05) is 5.33 Å². The molecule has 4 heteroatoms. The van der Waals surface area contributed by atoms with Crippen molar-refractivity contribution in [2.45, 2.75) is 50.8 Å². The van der Waals surface area contributed by atoms with E-state index in [9.17, 15) is 5.11 Å². The predicted octanol–water partition coefficient (Wildman–Crippen LogP) is 1.67. The van der Waals surface area contributed by atoms with Crippen LogP contribution >= 0.6 is 15.9 Å². The maximum absolute atomic E-state index is 9.81. The second-order valence-electron chi connectivity index (χ2n) is 4.61. The standard InChI is InChI=1S/C10H17BrO3/c1-10(2)13-8-6(3-4-11)5-7(12)9(8)14-10/h6-9,12H,3-5H2,1-2H3/t6-,7-,8-,9+/m0/s1. The van der Waals surface area contributed by atoms with E-state index in [0.717, 1.165) is 18.2 Å². The Hall–Kier alpha value is 0.360. The summed E-state index contributed by atoms with van der Waals surface area (Å²) in [5.41, 5.74) is 0. The molecule has 14 heavy (non-hydrogen) atoms. The summed E-state index contributed by atoms with van der Waals surface area (Å²) in [6.45, 7) is 3.81. The minimum Gasteiger partial charge on any atom is -0.390 e. The van der Waals surface area contributed by atoms with Gasteiger partial charge in [-0.15, -0.1) is 0 Å². The lowest BCUT2D eigenvalue weighted by atomic mass is 10.0. The van der Waals surface area contributed by atoms with E-state index >= 15 is 0 Å². The predicted molar refractivity (Wildman–Crippen MR) is 56.3 cm³/mol. The van der Waals surface area contributed by atoms with Gasteiger partial charge in [-0.3, -0.25) is 0 Å². The van der Waals surface area contributed by atoms with Crippen LogP contribution in [0.3, 0.4) is 0 Å². The molecule has 82 valence electrons. The van der Waals surface area contributed by atoms with Crippen LogP contribution in [0, 0.1) is 5.92 Å². The highest BCUT2D eigenvalue weighted by Gasteiger charge is 2.52. The van der Waals surface area contributed by atoms with E-state index in [-0.39, 0.29) is 18.3 Å². The van der Waals surface area contributed by atoms with Gasteiger partial charge in [0.15, 0.2) is 5.79 Å². The zero-order chi connectivity index (χ0) is 10.3. The molecule has 0 spiro atoms. The van der Waals surface area contributed by atoms with Crippen molar-refractivity contribution in [3.63, 3.8) is 0 Å². The molecule has 0 aromatic heterocycles. The maximum atomic E-state index is 9.81.